The van der Waals surface area contributed by atoms with Gasteiger partial charge in [0.1, 0.15) is 11.6 Å². The lowest BCUT2D eigenvalue weighted by molar-refractivity contribution is -0.132. The Morgan fingerprint density at radius 2 is 1.87 bits per heavy atom. The fourth-order valence-electron chi connectivity index (χ4n) is 2.42. The highest BCUT2D eigenvalue weighted by atomic mass is 19.1. The number of nitrogens with zero attached hydrogens (tertiary/aromatic N) is 2. The van der Waals surface area contributed by atoms with Crippen LogP contribution in [0.25, 0.3) is 0 Å². The van der Waals surface area contributed by atoms with Gasteiger partial charge in [-0.1, -0.05) is 0 Å². The molecule has 23 heavy (non-hydrogen) atoms. The first kappa shape index (κ1) is 15.5. The fraction of sp³-hybridized carbons (Fsp3) is 0.333. The van der Waals surface area contributed by atoms with E-state index in [0.717, 1.165) is 18.4 Å². The molecule has 1 aromatic heterocycles. The van der Waals surface area contributed by atoms with Crippen molar-refractivity contribution in [2.45, 2.75) is 31.8 Å². The van der Waals surface area contributed by atoms with Gasteiger partial charge in [0.05, 0.1) is 13.0 Å². The number of amides is 1. The van der Waals surface area contributed by atoms with Gasteiger partial charge < -0.3 is 9.64 Å². The Bertz CT molecular complexity index is 642. The van der Waals surface area contributed by atoms with Crippen molar-refractivity contribution in [3.05, 3.63) is 60.2 Å². The van der Waals surface area contributed by atoms with Crippen molar-refractivity contribution in [2.24, 2.45) is 0 Å². The maximum atomic E-state index is 12.8. The van der Waals surface area contributed by atoms with E-state index < -0.39 is 0 Å². The summed E-state index contributed by atoms with van der Waals surface area (Å²) in [6, 6.07) is 10.0. The normalized spacial score (nSPS) is 13.6. The summed E-state index contributed by atoms with van der Waals surface area (Å²) in [7, 11) is 0. The molecule has 1 amide bonds. The summed E-state index contributed by atoms with van der Waals surface area (Å²) in [6.07, 6.45) is 5.93. The highest BCUT2D eigenvalue weighted by Crippen LogP contribution is 2.29. The first-order valence-corrected chi connectivity index (χ1v) is 7.79. The van der Waals surface area contributed by atoms with Crippen LogP contribution in [-0.4, -0.2) is 28.4 Å². The SMILES string of the molecule is O=C(CCOc1ccc(F)cc1)N(Cc1ccncc1)C1CC1. The molecule has 0 atom stereocenters. The Hall–Kier alpha value is -2.43. The number of benzene rings is 1. The van der Waals surface area contributed by atoms with Crippen LogP contribution in [0, 0.1) is 5.82 Å². The largest absolute Gasteiger partial charge is 0.493 e. The van der Waals surface area contributed by atoms with E-state index in [1.165, 1.54) is 12.1 Å². The maximum absolute atomic E-state index is 12.8. The van der Waals surface area contributed by atoms with Crippen LogP contribution < -0.4 is 4.74 Å². The minimum absolute atomic E-state index is 0.0893. The molecule has 0 radical (unpaired) electrons. The number of aromatic nitrogens is 1. The van der Waals surface area contributed by atoms with E-state index in [-0.39, 0.29) is 11.7 Å². The lowest BCUT2D eigenvalue weighted by atomic mass is 10.2. The fourth-order valence-corrected chi connectivity index (χ4v) is 2.42. The number of pyridine rings is 1. The minimum atomic E-state index is -0.300. The van der Waals surface area contributed by atoms with Crippen molar-refractivity contribution in [1.82, 2.24) is 9.88 Å². The van der Waals surface area contributed by atoms with Crippen molar-refractivity contribution >= 4 is 5.91 Å². The minimum Gasteiger partial charge on any atom is -0.493 e. The van der Waals surface area contributed by atoms with Gasteiger partial charge in [-0.25, -0.2) is 4.39 Å². The third-order valence-electron chi connectivity index (χ3n) is 3.81. The molecule has 0 aliphatic heterocycles. The quantitative estimate of drug-likeness (QED) is 0.788. The molecule has 0 saturated heterocycles. The van der Waals surface area contributed by atoms with E-state index in [4.69, 9.17) is 4.74 Å². The molecule has 1 saturated carbocycles. The summed E-state index contributed by atoms with van der Waals surface area (Å²) in [5.74, 6) is 0.364. The number of rotatable bonds is 7. The molecular formula is C18H19FN2O2. The number of carbonyl (C=O) groups excluding carboxylic acids is 1. The molecule has 120 valence electrons. The van der Waals surface area contributed by atoms with E-state index in [1.807, 2.05) is 17.0 Å². The molecule has 4 nitrogen and oxygen atoms in total. The van der Waals surface area contributed by atoms with Gasteiger partial charge in [-0.3, -0.25) is 9.78 Å². The second kappa shape index (κ2) is 7.22. The second-order valence-corrected chi connectivity index (χ2v) is 5.66. The molecule has 0 spiro atoms. The van der Waals surface area contributed by atoms with Gasteiger partial charge in [0, 0.05) is 25.0 Å². The van der Waals surface area contributed by atoms with Crippen LogP contribution in [0.4, 0.5) is 4.39 Å². The Morgan fingerprint density at radius 1 is 1.17 bits per heavy atom. The van der Waals surface area contributed by atoms with E-state index in [1.54, 1.807) is 24.5 Å². The molecular weight excluding hydrogens is 295 g/mol. The Kier molecular flexibility index (Phi) is 4.86. The summed E-state index contributed by atoms with van der Waals surface area (Å²) < 4.78 is 18.3. The van der Waals surface area contributed by atoms with E-state index in [9.17, 15) is 9.18 Å². The molecule has 2 aromatic rings. The summed E-state index contributed by atoms with van der Waals surface area (Å²) >= 11 is 0. The van der Waals surface area contributed by atoms with Crippen LogP contribution in [0.5, 0.6) is 5.75 Å². The van der Waals surface area contributed by atoms with Crippen LogP contribution in [0.3, 0.4) is 0 Å². The van der Waals surface area contributed by atoms with Crippen LogP contribution in [0.1, 0.15) is 24.8 Å². The van der Waals surface area contributed by atoms with Gasteiger partial charge in [-0.05, 0) is 54.8 Å². The van der Waals surface area contributed by atoms with Gasteiger partial charge in [-0.2, -0.15) is 0 Å². The van der Waals surface area contributed by atoms with Crippen LogP contribution in [0.15, 0.2) is 48.8 Å². The maximum Gasteiger partial charge on any atom is 0.226 e. The third kappa shape index (κ3) is 4.52. The number of carbonyl (C=O) groups is 1. The Labute approximate surface area is 134 Å². The molecule has 0 N–H and O–H groups in total. The highest BCUT2D eigenvalue weighted by molar-refractivity contribution is 5.77. The Morgan fingerprint density at radius 3 is 2.52 bits per heavy atom. The smallest absolute Gasteiger partial charge is 0.226 e. The molecule has 1 aliphatic carbocycles. The molecule has 1 aromatic carbocycles. The molecule has 1 aliphatic rings. The van der Waals surface area contributed by atoms with Gasteiger partial charge in [0.25, 0.3) is 0 Å². The number of hydrogen-bond donors (Lipinski definition) is 0. The zero-order chi connectivity index (χ0) is 16.1. The zero-order valence-electron chi connectivity index (χ0n) is 12.8. The van der Waals surface area contributed by atoms with Gasteiger partial charge in [-0.15, -0.1) is 0 Å². The highest BCUT2D eigenvalue weighted by Gasteiger charge is 2.32. The first-order chi connectivity index (χ1) is 11.2. The van der Waals surface area contributed by atoms with Crippen LogP contribution >= 0.6 is 0 Å². The Balaban J connectivity index is 1.51. The summed E-state index contributed by atoms with van der Waals surface area (Å²) in [5.41, 5.74) is 1.08. The second-order valence-electron chi connectivity index (χ2n) is 5.66. The lowest BCUT2D eigenvalue weighted by Crippen LogP contribution is -2.33. The molecule has 1 heterocycles. The molecule has 5 heteroatoms. The predicted molar refractivity (Wildman–Crippen MR) is 84.3 cm³/mol. The van der Waals surface area contributed by atoms with Crippen molar-refractivity contribution < 1.29 is 13.9 Å². The number of ether oxygens (including phenoxy) is 1. The van der Waals surface area contributed by atoms with Crippen molar-refractivity contribution in [3.8, 4) is 5.75 Å². The van der Waals surface area contributed by atoms with E-state index >= 15 is 0 Å². The monoisotopic (exact) mass is 314 g/mol. The topological polar surface area (TPSA) is 42.4 Å². The third-order valence-corrected chi connectivity index (χ3v) is 3.81. The lowest BCUT2D eigenvalue weighted by Gasteiger charge is -2.22. The van der Waals surface area contributed by atoms with E-state index in [2.05, 4.69) is 4.98 Å². The van der Waals surface area contributed by atoms with Crippen molar-refractivity contribution in [2.75, 3.05) is 6.61 Å². The van der Waals surface area contributed by atoms with Crippen molar-refractivity contribution in [1.29, 1.82) is 0 Å². The zero-order valence-corrected chi connectivity index (χ0v) is 12.8. The van der Waals surface area contributed by atoms with E-state index in [0.29, 0.717) is 31.4 Å². The van der Waals surface area contributed by atoms with Gasteiger partial charge >= 0.3 is 0 Å². The molecule has 1 fully saturated rings. The number of hydrogen-bond acceptors (Lipinski definition) is 3. The summed E-state index contributed by atoms with van der Waals surface area (Å²) in [6.45, 7) is 0.909. The molecule has 0 bridgehead atoms. The average Bonchev–Trinajstić information content (AvgIpc) is 3.40. The van der Waals surface area contributed by atoms with Crippen molar-refractivity contribution in [3.63, 3.8) is 0 Å². The molecule has 3 rings (SSSR count). The summed E-state index contributed by atoms with van der Waals surface area (Å²) in [5, 5.41) is 0. The molecule has 0 unspecified atom stereocenters. The first-order valence-electron chi connectivity index (χ1n) is 7.79. The van der Waals surface area contributed by atoms with Crippen LogP contribution in [0.2, 0.25) is 0 Å². The average molecular weight is 314 g/mol. The van der Waals surface area contributed by atoms with Gasteiger partial charge in [0.2, 0.25) is 5.91 Å². The van der Waals surface area contributed by atoms with Crippen LogP contribution in [-0.2, 0) is 11.3 Å². The predicted octanol–water partition coefficient (Wildman–Crippen LogP) is 3.18. The standard InChI is InChI=1S/C18H19FN2O2/c19-15-1-5-17(6-2-15)23-12-9-18(22)21(16-3-4-16)13-14-7-10-20-11-8-14/h1-2,5-8,10-11,16H,3-4,9,12-13H2. The number of halogens is 1. The summed E-state index contributed by atoms with van der Waals surface area (Å²) in [4.78, 5) is 18.4. The van der Waals surface area contributed by atoms with Gasteiger partial charge in [0.15, 0.2) is 0 Å².